The highest BCUT2D eigenvalue weighted by Gasteiger charge is 2.29. The number of anilines is 1. The topological polar surface area (TPSA) is 87.0 Å². The van der Waals surface area contributed by atoms with Crippen molar-refractivity contribution in [2.45, 2.75) is 19.3 Å². The molecule has 0 bridgehead atoms. The summed E-state index contributed by atoms with van der Waals surface area (Å²) in [6.45, 7) is 3.37. The molecular weight excluding hydrogens is 415 g/mol. The van der Waals surface area contributed by atoms with E-state index in [1.807, 2.05) is 4.90 Å². The second-order valence-electron chi connectivity index (χ2n) is 8.13. The van der Waals surface area contributed by atoms with E-state index < -0.39 is 4.92 Å². The van der Waals surface area contributed by atoms with E-state index in [0.717, 1.165) is 24.1 Å². The monoisotopic (exact) mass is 440 g/mol. The van der Waals surface area contributed by atoms with Crippen molar-refractivity contribution in [1.82, 2.24) is 9.80 Å². The smallest absolute Gasteiger partial charge is 0.282 e. The van der Waals surface area contributed by atoms with Crippen LogP contribution in [0.15, 0.2) is 42.5 Å². The van der Waals surface area contributed by atoms with Crippen LogP contribution in [0, 0.1) is 15.9 Å². The van der Waals surface area contributed by atoms with Crippen LogP contribution in [0.25, 0.3) is 0 Å². The molecule has 0 aliphatic carbocycles. The normalized spacial score (nSPS) is 16.3. The van der Waals surface area contributed by atoms with Crippen molar-refractivity contribution in [3.8, 4) is 0 Å². The van der Waals surface area contributed by atoms with Crippen molar-refractivity contribution >= 4 is 23.2 Å². The zero-order valence-corrected chi connectivity index (χ0v) is 17.7. The summed E-state index contributed by atoms with van der Waals surface area (Å²) in [6, 6.07) is 10.6. The Labute approximate surface area is 185 Å². The van der Waals surface area contributed by atoms with E-state index in [-0.39, 0.29) is 35.3 Å². The molecule has 2 aliphatic rings. The van der Waals surface area contributed by atoms with Crippen molar-refractivity contribution in [1.29, 1.82) is 0 Å². The molecule has 8 nitrogen and oxygen atoms in total. The number of carbonyl (C=O) groups is 2. The number of piperazine rings is 1. The molecule has 2 saturated heterocycles. The third-order valence-corrected chi connectivity index (χ3v) is 6.07. The molecule has 0 spiro atoms. The molecular formula is C23H25FN4O4. The van der Waals surface area contributed by atoms with Crippen LogP contribution in [-0.2, 0) is 11.2 Å². The molecule has 0 radical (unpaired) electrons. The predicted molar refractivity (Wildman–Crippen MR) is 117 cm³/mol. The van der Waals surface area contributed by atoms with Gasteiger partial charge in [-0.1, -0.05) is 12.1 Å². The second-order valence-corrected chi connectivity index (χ2v) is 8.13. The van der Waals surface area contributed by atoms with Gasteiger partial charge in [0.2, 0.25) is 5.91 Å². The standard InChI is InChI=1S/C23H25FN4O4/c24-18-5-3-17(4-6-18)15-22(29)26-13-11-25(12-14-26)19-7-8-21(28(31)32)20(16-19)23(30)27-9-1-2-10-27/h3-8,16H,1-2,9-15H2. The zero-order valence-electron chi connectivity index (χ0n) is 17.7. The first kappa shape index (κ1) is 21.7. The molecule has 9 heteroatoms. The Morgan fingerprint density at radius 1 is 0.906 bits per heavy atom. The van der Waals surface area contributed by atoms with E-state index in [0.29, 0.717) is 39.3 Å². The molecule has 0 N–H and O–H groups in total. The Morgan fingerprint density at radius 2 is 1.56 bits per heavy atom. The van der Waals surface area contributed by atoms with E-state index in [1.165, 1.54) is 18.2 Å². The van der Waals surface area contributed by atoms with Crippen LogP contribution in [0.1, 0.15) is 28.8 Å². The molecule has 0 atom stereocenters. The number of nitrogens with zero attached hydrogens (tertiary/aromatic N) is 4. The Morgan fingerprint density at radius 3 is 2.19 bits per heavy atom. The van der Waals surface area contributed by atoms with Gasteiger partial charge in [-0.3, -0.25) is 19.7 Å². The molecule has 0 saturated carbocycles. The fraction of sp³-hybridized carbons (Fsp3) is 0.391. The van der Waals surface area contributed by atoms with Gasteiger partial charge in [0.1, 0.15) is 11.4 Å². The molecule has 2 aromatic carbocycles. The third-order valence-electron chi connectivity index (χ3n) is 6.07. The van der Waals surface area contributed by atoms with Gasteiger partial charge >= 0.3 is 0 Å². The van der Waals surface area contributed by atoms with Crippen LogP contribution < -0.4 is 4.90 Å². The van der Waals surface area contributed by atoms with Crippen LogP contribution in [0.5, 0.6) is 0 Å². The summed E-state index contributed by atoms with van der Waals surface area (Å²) in [7, 11) is 0. The number of rotatable bonds is 5. The van der Waals surface area contributed by atoms with Crippen LogP contribution in [0.4, 0.5) is 15.8 Å². The fourth-order valence-electron chi connectivity index (χ4n) is 4.24. The van der Waals surface area contributed by atoms with Gasteiger partial charge in [-0.05, 0) is 42.7 Å². The van der Waals surface area contributed by atoms with Crippen LogP contribution in [-0.4, -0.2) is 65.8 Å². The number of hydrogen-bond acceptors (Lipinski definition) is 5. The van der Waals surface area contributed by atoms with E-state index in [4.69, 9.17) is 0 Å². The highest BCUT2D eigenvalue weighted by molar-refractivity contribution is 5.99. The van der Waals surface area contributed by atoms with Crippen molar-refractivity contribution < 1.29 is 18.9 Å². The van der Waals surface area contributed by atoms with Gasteiger partial charge in [0.05, 0.1) is 11.3 Å². The van der Waals surface area contributed by atoms with E-state index in [1.54, 1.807) is 34.1 Å². The lowest BCUT2D eigenvalue weighted by molar-refractivity contribution is -0.385. The van der Waals surface area contributed by atoms with Gasteiger partial charge in [0, 0.05) is 51.0 Å². The number of carbonyl (C=O) groups excluding carboxylic acids is 2. The summed E-state index contributed by atoms with van der Waals surface area (Å²) in [4.78, 5) is 41.9. The summed E-state index contributed by atoms with van der Waals surface area (Å²) >= 11 is 0. The molecule has 4 rings (SSSR count). The van der Waals surface area contributed by atoms with Crippen molar-refractivity contribution in [3.63, 3.8) is 0 Å². The first-order valence-electron chi connectivity index (χ1n) is 10.8. The largest absolute Gasteiger partial charge is 0.368 e. The number of amides is 2. The molecule has 0 unspecified atom stereocenters. The Hall–Kier alpha value is -3.49. The summed E-state index contributed by atoms with van der Waals surface area (Å²) in [5.41, 5.74) is 1.44. The van der Waals surface area contributed by atoms with Gasteiger partial charge in [-0.25, -0.2) is 4.39 Å². The highest BCUT2D eigenvalue weighted by Crippen LogP contribution is 2.28. The molecule has 32 heavy (non-hydrogen) atoms. The second kappa shape index (κ2) is 9.33. The maximum atomic E-state index is 13.1. The van der Waals surface area contributed by atoms with Gasteiger partial charge in [0.15, 0.2) is 0 Å². The summed E-state index contributed by atoms with van der Waals surface area (Å²) < 4.78 is 13.1. The lowest BCUT2D eigenvalue weighted by atomic mass is 10.1. The number of likely N-dealkylation sites (tertiary alicyclic amines) is 1. The average Bonchev–Trinajstić information content (AvgIpc) is 3.35. The summed E-state index contributed by atoms with van der Waals surface area (Å²) in [5, 5.41) is 11.5. The molecule has 2 heterocycles. The van der Waals surface area contributed by atoms with E-state index in [2.05, 4.69) is 0 Å². The van der Waals surface area contributed by atoms with Gasteiger partial charge < -0.3 is 14.7 Å². The minimum absolute atomic E-state index is 0.0233. The van der Waals surface area contributed by atoms with Gasteiger partial charge in [-0.15, -0.1) is 0 Å². The lowest BCUT2D eigenvalue weighted by Crippen LogP contribution is -2.49. The van der Waals surface area contributed by atoms with Crippen molar-refractivity contribution in [2.75, 3.05) is 44.2 Å². The van der Waals surface area contributed by atoms with E-state index in [9.17, 15) is 24.1 Å². The number of benzene rings is 2. The SMILES string of the molecule is O=C(Cc1ccc(F)cc1)N1CCN(c2ccc([N+](=O)[O-])c(C(=O)N3CCCC3)c2)CC1. The molecule has 2 aliphatic heterocycles. The van der Waals surface area contributed by atoms with Gasteiger partial charge in [-0.2, -0.15) is 0 Å². The molecule has 2 amide bonds. The summed E-state index contributed by atoms with van der Waals surface area (Å²) in [5.74, 6) is -0.658. The zero-order chi connectivity index (χ0) is 22.7. The first-order chi connectivity index (χ1) is 15.4. The minimum atomic E-state index is -0.515. The molecule has 2 fully saturated rings. The predicted octanol–water partition coefficient (Wildman–Crippen LogP) is 2.86. The maximum Gasteiger partial charge on any atom is 0.282 e. The summed E-state index contributed by atoms with van der Waals surface area (Å²) in [6.07, 6.45) is 2.03. The number of nitro benzene ring substituents is 1. The van der Waals surface area contributed by atoms with Crippen molar-refractivity contribution in [3.05, 3.63) is 69.5 Å². The maximum absolute atomic E-state index is 13.1. The Bertz CT molecular complexity index is 1010. The first-order valence-corrected chi connectivity index (χ1v) is 10.8. The minimum Gasteiger partial charge on any atom is -0.368 e. The quantitative estimate of drug-likeness (QED) is 0.527. The number of nitro groups is 1. The number of halogens is 1. The molecule has 2 aromatic rings. The molecule has 0 aromatic heterocycles. The lowest BCUT2D eigenvalue weighted by Gasteiger charge is -2.36. The van der Waals surface area contributed by atoms with Crippen LogP contribution >= 0.6 is 0 Å². The Balaban J connectivity index is 1.43. The fourth-order valence-corrected chi connectivity index (χ4v) is 4.24. The number of hydrogen-bond donors (Lipinski definition) is 0. The Kier molecular flexibility index (Phi) is 6.34. The van der Waals surface area contributed by atoms with Crippen molar-refractivity contribution in [2.24, 2.45) is 0 Å². The van der Waals surface area contributed by atoms with Crippen LogP contribution in [0.3, 0.4) is 0 Å². The van der Waals surface area contributed by atoms with Crippen LogP contribution in [0.2, 0.25) is 0 Å². The third kappa shape index (κ3) is 4.71. The molecule has 168 valence electrons. The highest BCUT2D eigenvalue weighted by atomic mass is 19.1. The average molecular weight is 440 g/mol. The van der Waals surface area contributed by atoms with Gasteiger partial charge in [0.25, 0.3) is 11.6 Å². The van der Waals surface area contributed by atoms with E-state index >= 15 is 0 Å².